The van der Waals surface area contributed by atoms with Gasteiger partial charge in [-0.2, -0.15) is 0 Å². The van der Waals surface area contributed by atoms with Gasteiger partial charge in [-0.1, -0.05) is 19.9 Å². The van der Waals surface area contributed by atoms with Crippen molar-refractivity contribution in [3.8, 4) is 0 Å². The van der Waals surface area contributed by atoms with Gasteiger partial charge in [0.05, 0.1) is 5.69 Å². The third kappa shape index (κ3) is 4.29. The Bertz CT molecular complexity index is 442. The minimum atomic E-state index is 0.357. The summed E-state index contributed by atoms with van der Waals surface area (Å²) >= 11 is 0. The number of aromatic nitrogens is 1. The molecule has 0 amide bonds. The second-order valence-electron chi connectivity index (χ2n) is 7.30. The first-order valence-corrected chi connectivity index (χ1v) is 7.72. The van der Waals surface area contributed by atoms with Crippen LogP contribution >= 0.6 is 0 Å². The van der Waals surface area contributed by atoms with Crippen molar-refractivity contribution in [1.29, 1.82) is 0 Å². The van der Waals surface area contributed by atoms with Gasteiger partial charge in [0.2, 0.25) is 0 Å². The zero-order valence-corrected chi connectivity index (χ0v) is 13.4. The number of aryl methyl sites for hydroxylation is 1. The van der Waals surface area contributed by atoms with E-state index in [0.29, 0.717) is 17.4 Å². The second-order valence-corrected chi connectivity index (χ2v) is 7.30. The Morgan fingerprint density at radius 3 is 2.85 bits per heavy atom. The van der Waals surface area contributed by atoms with Gasteiger partial charge in [0, 0.05) is 24.8 Å². The first-order valence-electron chi connectivity index (χ1n) is 7.72. The fourth-order valence-corrected chi connectivity index (χ4v) is 3.39. The van der Waals surface area contributed by atoms with Crippen LogP contribution < -0.4 is 5.73 Å². The van der Waals surface area contributed by atoms with Crippen molar-refractivity contribution >= 4 is 0 Å². The molecule has 1 aliphatic rings. The molecule has 2 N–H and O–H groups in total. The molecule has 2 atom stereocenters. The van der Waals surface area contributed by atoms with E-state index in [-0.39, 0.29) is 0 Å². The Morgan fingerprint density at radius 1 is 1.40 bits per heavy atom. The van der Waals surface area contributed by atoms with Gasteiger partial charge in [-0.25, -0.2) is 0 Å². The quantitative estimate of drug-likeness (QED) is 0.918. The van der Waals surface area contributed by atoms with E-state index >= 15 is 0 Å². The molecule has 1 aromatic rings. The molecule has 3 nitrogen and oxygen atoms in total. The van der Waals surface area contributed by atoms with E-state index < -0.39 is 0 Å². The van der Waals surface area contributed by atoms with Gasteiger partial charge in [-0.15, -0.1) is 0 Å². The van der Waals surface area contributed by atoms with E-state index in [1.54, 1.807) is 0 Å². The minimum Gasteiger partial charge on any atom is -0.327 e. The predicted molar refractivity (Wildman–Crippen MR) is 84.4 cm³/mol. The molecule has 2 unspecified atom stereocenters. The molecule has 112 valence electrons. The summed E-state index contributed by atoms with van der Waals surface area (Å²) in [4.78, 5) is 6.95. The van der Waals surface area contributed by atoms with Crippen LogP contribution in [0.5, 0.6) is 0 Å². The van der Waals surface area contributed by atoms with Crippen LogP contribution in [0.15, 0.2) is 18.2 Å². The Hall–Kier alpha value is -0.930. The number of nitrogens with two attached hydrogens (primary N) is 1. The summed E-state index contributed by atoms with van der Waals surface area (Å²) in [5.74, 6) is 0.605. The van der Waals surface area contributed by atoms with E-state index in [1.807, 2.05) is 13.0 Å². The molecule has 0 saturated heterocycles. The van der Waals surface area contributed by atoms with Crippen LogP contribution in [0.3, 0.4) is 0 Å². The standard InChI is InChI=1S/C17H29N3/c1-13-6-5-7-15(19-13)12-20(4)11-14-10-17(2,3)9-8-16(14)18/h5-7,14,16H,8-12,18H2,1-4H3. The summed E-state index contributed by atoms with van der Waals surface area (Å²) < 4.78 is 0. The van der Waals surface area contributed by atoms with Gasteiger partial charge in [0.1, 0.15) is 0 Å². The molecule has 0 aliphatic heterocycles. The molecule has 0 aromatic carbocycles. The van der Waals surface area contributed by atoms with Crippen LogP contribution in [0.2, 0.25) is 0 Å². The van der Waals surface area contributed by atoms with Crippen molar-refractivity contribution in [2.24, 2.45) is 17.1 Å². The largest absolute Gasteiger partial charge is 0.327 e. The highest BCUT2D eigenvalue weighted by Crippen LogP contribution is 2.38. The summed E-state index contributed by atoms with van der Waals surface area (Å²) in [6, 6.07) is 6.59. The third-order valence-corrected chi connectivity index (χ3v) is 4.50. The van der Waals surface area contributed by atoms with E-state index in [2.05, 4.69) is 42.9 Å². The minimum absolute atomic E-state index is 0.357. The van der Waals surface area contributed by atoms with Crippen LogP contribution in [0.1, 0.15) is 44.5 Å². The van der Waals surface area contributed by atoms with Gasteiger partial charge in [0.15, 0.2) is 0 Å². The SMILES string of the molecule is Cc1cccc(CN(C)CC2CC(C)(C)CCC2N)n1. The Morgan fingerprint density at radius 2 is 2.15 bits per heavy atom. The molecule has 0 spiro atoms. The molecule has 0 bridgehead atoms. The number of hydrogen-bond acceptors (Lipinski definition) is 3. The molecule has 1 saturated carbocycles. The van der Waals surface area contributed by atoms with Crippen molar-refractivity contribution in [3.63, 3.8) is 0 Å². The van der Waals surface area contributed by atoms with Crippen LogP contribution in [0, 0.1) is 18.3 Å². The smallest absolute Gasteiger partial charge is 0.0547 e. The molecule has 1 aromatic heterocycles. The molecule has 3 heteroatoms. The molecular weight excluding hydrogens is 246 g/mol. The van der Waals surface area contributed by atoms with E-state index in [4.69, 9.17) is 5.73 Å². The first kappa shape index (κ1) is 15.5. The molecule has 1 aliphatic carbocycles. The number of rotatable bonds is 4. The average molecular weight is 275 g/mol. The molecule has 1 heterocycles. The maximum atomic E-state index is 6.32. The van der Waals surface area contributed by atoms with E-state index in [1.165, 1.54) is 12.8 Å². The lowest BCUT2D eigenvalue weighted by atomic mass is 9.70. The maximum Gasteiger partial charge on any atom is 0.0547 e. The number of pyridine rings is 1. The van der Waals surface area contributed by atoms with Crippen LogP contribution in [0.25, 0.3) is 0 Å². The average Bonchev–Trinajstić information content (AvgIpc) is 2.33. The summed E-state index contributed by atoms with van der Waals surface area (Å²) in [5.41, 5.74) is 9.01. The fraction of sp³-hybridized carbons (Fsp3) is 0.706. The van der Waals surface area contributed by atoms with Crippen LogP contribution in [-0.4, -0.2) is 29.5 Å². The lowest BCUT2D eigenvalue weighted by Gasteiger charge is -2.40. The maximum absolute atomic E-state index is 6.32. The molecule has 0 radical (unpaired) electrons. The van der Waals surface area contributed by atoms with Crippen molar-refractivity contribution in [1.82, 2.24) is 9.88 Å². The predicted octanol–water partition coefficient (Wildman–Crippen LogP) is 2.98. The normalized spacial score (nSPS) is 25.9. The van der Waals surface area contributed by atoms with Crippen molar-refractivity contribution < 1.29 is 0 Å². The Balaban J connectivity index is 1.91. The van der Waals surface area contributed by atoms with E-state index in [0.717, 1.165) is 30.9 Å². The lowest BCUT2D eigenvalue weighted by Crippen LogP contribution is -2.44. The van der Waals surface area contributed by atoms with Gasteiger partial charge in [0.25, 0.3) is 0 Å². The Labute approximate surface area is 123 Å². The van der Waals surface area contributed by atoms with Crippen LogP contribution in [0.4, 0.5) is 0 Å². The fourth-order valence-electron chi connectivity index (χ4n) is 3.39. The summed E-state index contributed by atoms with van der Waals surface area (Å²) in [5, 5.41) is 0. The highest BCUT2D eigenvalue weighted by Gasteiger charge is 2.33. The van der Waals surface area contributed by atoms with E-state index in [9.17, 15) is 0 Å². The third-order valence-electron chi connectivity index (χ3n) is 4.50. The monoisotopic (exact) mass is 275 g/mol. The van der Waals surface area contributed by atoms with Crippen molar-refractivity contribution in [2.75, 3.05) is 13.6 Å². The number of nitrogens with zero attached hydrogens (tertiary/aromatic N) is 2. The summed E-state index contributed by atoms with van der Waals surface area (Å²) in [6.07, 6.45) is 3.65. The number of hydrogen-bond donors (Lipinski definition) is 1. The first-order chi connectivity index (χ1) is 9.35. The molecule has 2 rings (SSSR count). The second kappa shape index (κ2) is 6.23. The summed E-state index contributed by atoms with van der Waals surface area (Å²) in [6.45, 7) is 8.76. The van der Waals surface area contributed by atoms with Crippen molar-refractivity contribution in [3.05, 3.63) is 29.6 Å². The van der Waals surface area contributed by atoms with Crippen molar-refractivity contribution in [2.45, 2.75) is 52.6 Å². The lowest BCUT2D eigenvalue weighted by molar-refractivity contribution is 0.122. The van der Waals surface area contributed by atoms with Crippen LogP contribution in [-0.2, 0) is 6.54 Å². The van der Waals surface area contributed by atoms with Gasteiger partial charge in [-0.3, -0.25) is 4.98 Å². The van der Waals surface area contributed by atoms with Gasteiger partial charge < -0.3 is 10.6 Å². The van der Waals surface area contributed by atoms with Gasteiger partial charge in [-0.05, 0) is 56.7 Å². The molecule has 1 fully saturated rings. The molecule has 20 heavy (non-hydrogen) atoms. The highest BCUT2D eigenvalue weighted by atomic mass is 15.1. The molecular formula is C17H29N3. The zero-order chi connectivity index (χ0) is 14.8. The highest BCUT2D eigenvalue weighted by molar-refractivity contribution is 5.09. The Kier molecular flexibility index (Phi) is 4.82. The van der Waals surface area contributed by atoms with Gasteiger partial charge >= 0.3 is 0 Å². The zero-order valence-electron chi connectivity index (χ0n) is 13.4. The summed E-state index contributed by atoms with van der Waals surface area (Å²) in [7, 11) is 2.18. The topological polar surface area (TPSA) is 42.1 Å².